The van der Waals surface area contributed by atoms with Crippen molar-refractivity contribution < 1.29 is 4.79 Å². The molecule has 0 aromatic heterocycles. The summed E-state index contributed by atoms with van der Waals surface area (Å²) in [5.41, 5.74) is 3.72. The number of rotatable bonds is 4. The molecule has 2 N–H and O–H groups in total. The largest absolute Gasteiger partial charge is 0.380 e. The lowest BCUT2D eigenvalue weighted by Crippen LogP contribution is -2.17. The highest BCUT2D eigenvalue weighted by atomic mass is 79.9. The molecule has 2 rings (SSSR count). The van der Waals surface area contributed by atoms with Crippen LogP contribution in [0.2, 0.25) is 5.02 Å². The zero-order valence-corrected chi connectivity index (χ0v) is 14.2. The van der Waals surface area contributed by atoms with E-state index < -0.39 is 0 Å². The summed E-state index contributed by atoms with van der Waals surface area (Å²) >= 11 is 9.65. The molecule has 0 aliphatic rings. The van der Waals surface area contributed by atoms with Gasteiger partial charge in [-0.1, -0.05) is 23.7 Å². The lowest BCUT2D eigenvalue weighted by atomic mass is 10.1. The summed E-state index contributed by atoms with van der Waals surface area (Å²) in [5, 5.41) is 6.66. The topological polar surface area (TPSA) is 41.1 Å². The normalized spacial score (nSPS) is 10.3. The van der Waals surface area contributed by atoms with Gasteiger partial charge in [0.05, 0.1) is 5.69 Å². The number of carbonyl (C=O) groups excluding carboxylic acids is 1. The highest BCUT2D eigenvalue weighted by molar-refractivity contribution is 9.10. The lowest BCUT2D eigenvalue weighted by molar-refractivity contribution is 0.0963. The lowest BCUT2D eigenvalue weighted by Gasteiger charge is -2.11. The van der Waals surface area contributed by atoms with E-state index in [1.807, 2.05) is 43.3 Å². The quantitative estimate of drug-likeness (QED) is 0.842. The third kappa shape index (κ3) is 3.99. The molecule has 0 saturated carbocycles. The Morgan fingerprint density at radius 2 is 1.90 bits per heavy atom. The highest BCUT2D eigenvalue weighted by Crippen LogP contribution is 2.29. The fourth-order valence-corrected chi connectivity index (χ4v) is 2.66. The molecule has 3 nitrogen and oxygen atoms in total. The predicted octanol–water partition coefficient (Wildman–Crippen LogP) is 4.38. The molecule has 1 amide bonds. The number of aryl methyl sites for hydroxylation is 1. The zero-order valence-electron chi connectivity index (χ0n) is 11.8. The van der Waals surface area contributed by atoms with Crippen molar-refractivity contribution in [1.29, 1.82) is 0 Å². The second-order valence-electron chi connectivity index (χ2n) is 4.71. The molecule has 0 aliphatic heterocycles. The van der Waals surface area contributed by atoms with E-state index in [4.69, 9.17) is 11.6 Å². The molecular weight excluding hydrogens is 352 g/mol. The average molecular weight is 368 g/mol. The summed E-state index contributed by atoms with van der Waals surface area (Å²) in [6, 6.07) is 11.4. The van der Waals surface area contributed by atoms with Crippen molar-refractivity contribution in [2.24, 2.45) is 0 Å². The Hall–Kier alpha value is -1.52. The van der Waals surface area contributed by atoms with E-state index >= 15 is 0 Å². The molecular formula is C16H16BrClN2O. The van der Waals surface area contributed by atoms with Crippen molar-refractivity contribution in [2.45, 2.75) is 13.5 Å². The Balaban J connectivity index is 2.06. The molecule has 0 saturated heterocycles. The van der Waals surface area contributed by atoms with Crippen molar-refractivity contribution in [1.82, 2.24) is 5.32 Å². The zero-order chi connectivity index (χ0) is 15.4. The second kappa shape index (κ2) is 6.96. The number of nitrogens with one attached hydrogen (secondary N) is 2. The Labute approximate surface area is 137 Å². The van der Waals surface area contributed by atoms with Crippen LogP contribution in [0.3, 0.4) is 0 Å². The Bertz CT molecular complexity index is 656. The first-order chi connectivity index (χ1) is 10.0. The minimum atomic E-state index is -0.0810. The van der Waals surface area contributed by atoms with Gasteiger partial charge in [-0.15, -0.1) is 0 Å². The maximum atomic E-state index is 11.5. The van der Waals surface area contributed by atoms with Crippen LogP contribution in [0.5, 0.6) is 0 Å². The minimum absolute atomic E-state index is 0.0810. The molecule has 0 radical (unpaired) electrons. The van der Waals surface area contributed by atoms with E-state index in [9.17, 15) is 4.79 Å². The van der Waals surface area contributed by atoms with Gasteiger partial charge in [-0.3, -0.25) is 4.79 Å². The number of amides is 1. The van der Waals surface area contributed by atoms with Gasteiger partial charge in [0.15, 0.2) is 0 Å². The van der Waals surface area contributed by atoms with Crippen LogP contribution in [0.1, 0.15) is 21.5 Å². The number of hydrogen-bond acceptors (Lipinski definition) is 2. The molecule has 5 heteroatoms. The van der Waals surface area contributed by atoms with Gasteiger partial charge in [0.2, 0.25) is 0 Å². The molecule has 21 heavy (non-hydrogen) atoms. The molecule has 110 valence electrons. The average Bonchev–Trinajstić information content (AvgIpc) is 2.49. The fraction of sp³-hybridized carbons (Fsp3) is 0.188. The van der Waals surface area contributed by atoms with Crippen LogP contribution in [-0.4, -0.2) is 13.0 Å². The van der Waals surface area contributed by atoms with Crippen molar-refractivity contribution in [3.8, 4) is 0 Å². The van der Waals surface area contributed by atoms with Gasteiger partial charge in [0.1, 0.15) is 0 Å². The number of carbonyl (C=O) groups is 1. The van der Waals surface area contributed by atoms with E-state index in [-0.39, 0.29) is 5.91 Å². The number of benzene rings is 2. The Kier molecular flexibility index (Phi) is 5.26. The van der Waals surface area contributed by atoms with E-state index in [0.717, 1.165) is 26.3 Å². The van der Waals surface area contributed by atoms with Crippen LogP contribution in [0.4, 0.5) is 5.69 Å². The van der Waals surface area contributed by atoms with Crippen molar-refractivity contribution in [3.63, 3.8) is 0 Å². The monoisotopic (exact) mass is 366 g/mol. The molecule has 0 atom stereocenters. The molecule has 0 unspecified atom stereocenters. The van der Waals surface area contributed by atoms with Crippen molar-refractivity contribution in [3.05, 3.63) is 62.6 Å². The fourth-order valence-electron chi connectivity index (χ4n) is 1.90. The summed E-state index contributed by atoms with van der Waals surface area (Å²) in [6.45, 7) is 2.63. The van der Waals surface area contributed by atoms with Crippen molar-refractivity contribution in [2.75, 3.05) is 12.4 Å². The highest BCUT2D eigenvalue weighted by Gasteiger charge is 2.05. The molecule has 0 fully saturated rings. The third-order valence-electron chi connectivity index (χ3n) is 3.17. The van der Waals surface area contributed by atoms with Gasteiger partial charge >= 0.3 is 0 Å². The SMILES string of the molecule is CNC(=O)c1ccc(CNc2cc(Cl)c(C)cc2Br)cc1. The maximum Gasteiger partial charge on any atom is 0.251 e. The van der Waals surface area contributed by atoms with Crippen LogP contribution in [0, 0.1) is 6.92 Å². The summed E-state index contributed by atoms with van der Waals surface area (Å²) in [5.74, 6) is -0.0810. The summed E-state index contributed by atoms with van der Waals surface area (Å²) in [7, 11) is 1.62. The first kappa shape index (κ1) is 15.9. The third-order valence-corrected chi connectivity index (χ3v) is 4.24. The van der Waals surface area contributed by atoms with Gasteiger partial charge in [0, 0.05) is 28.7 Å². The molecule has 0 bridgehead atoms. The van der Waals surface area contributed by atoms with Crippen LogP contribution >= 0.6 is 27.5 Å². The standard InChI is InChI=1S/C16H16BrClN2O/c1-10-7-13(17)15(8-14(10)18)20-9-11-3-5-12(6-4-11)16(21)19-2/h3-8,20H,9H2,1-2H3,(H,19,21). The van der Waals surface area contributed by atoms with Crippen LogP contribution < -0.4 is 10.6 Å². The van der Waals surface area contributed by atoms with E-state index in [1.54, 1.807) is 7.05 Å². The van der Waals surface area contributed by atoms with E-state index in [1.165, 1.54) is 0 Å². The minimum Gasteiger partial charge on any atom is -0.380 e. The predicted molar refractivity (Wildman–Crippen MR) is 91.0 cm³/mol. The second-order valence-corrected chi connectivity index (χ2v) is 5.97. The van der Waals surface area contributed by atoms with Crippen LogP contribution in [0.25, 0.3) is 0 Å². The molecule has 0 heterocycles. The van der Waals surface area contributed by atoms with Gasteiger partial charge < -0.3 is 10.6 Å². The smallest absolute Gasteiger partial charge is 0.251 e. The van der Waals surface area contributed by atoms with E-state index in [2.05, 4.69) is 26.6 Å². The first-order valence-corrected chi connectivity index (χ1v) is 7.69. The summed E-state index contributed by atoms with van der Waals surface area (Å²) in [6.07, 6.45) is 0. The van der Waals surface area contributed by atoms with Gasteiger partial charge in [-0.05, 0) is 58.2 Å². The van der Waals surface area contributed by atoms with Gasteiger partial charge in [0.25, 0.3) is 5.91 Å². The number of halogens is 2. The van der Waals surface area contributed by atoms with Crippen LogP contribution in [-0.2, 0) is 6.54 Å². The molecule has 0 aliphatic carbocycles. The summed E-state index contributed by atoms with van der Waals surface area (Å²) in [4.78, 5) is 11.5. The Morgan fingerprint density at radius 1 is 1.24 bits per heavy atom. The van der Waals surface area contributed by atoms with Gasteiger partial charge in [-0.2, -0.15) is 0 Å². The number of anilines is 1. The first-order valence-electron chi connectivity index (χ1n) is 6.52. The van der Waals surface area contributed by atoms with E-state index in [0.29, 0.717) is 12.1 Å². The molecule has 0 spiro atoms. The summed E-state index contributed by atoms with van der Waals surface area (Å²) < 4.78 is 0.978. The van der Waals surface area contributed by atoms with Crippen molar-refractivity contribution >= 4 is 39.1 Å². The van der Waals surface area contributed by atoms with Gasteiger partial charge in [-0.25, -0.2) is 0 Å². The van der Waals surface area contributed by atoms with Crippen LogP contribution in [0.15, 0.2) is 40.9 Å². The molecule has 2 aromatic carbocycles. The molecule has 2 aromatic rings. The maximum absolute atomic E-state index is 11.5. The number of hydrogen-bond donors (Lipinski definition) is 2. The Morgan fingerprint density at radius 3 is 2.52 bits per heavy atom.